The van der Waals surface area contributed by atoms with Crippen LogP contribution in [0.15, 0.2) is 46.5 Å². The molecule has 5 nitrogen and oxygen atoms in total. The molecule has 150 valence electrons. The van der Waals surface area contributed by atoms with Crippen LogP contribution in [0.3, 0.4) is 0 Å². The third kappa shape index (κ3) is 4.92. The third-order valence-corrected chi connectivity index (χ3v) is 6.77. The van der Waals surface area contributed by atoms with Crippen LogP contribution in [0.1, 0.15) is 34.5 Å². The molecule has 1 fully saturated rings. The van der Waals surface area contributed by atoms with E-state index in [0.717, 1.165) is 29.1 Å². The maximum Gasteiger partial charge on any atom is 0.252 e. The van der Waals surface area contributed by atoms with E-state index in [9.17, 15) is 9.59 Å². The summed E-state index contributed by atoms with van der Waals surface area (Å²) in [7, 11) is 0. The smallest absolute Gasteiger partial charge is 0.252 e. The number of nitrogens with one attached hydrogen (secondary N) is 1. The van der Waals surface area contributed by atoms with Gasteiger partial charge in [0.25, 0.3) is 5.91 Å². The number of carbonyl (C=O) groups is 2. The van der Waals surface area contributed by atoms with Gasteiger partial charge in [0.2, 0.25) is 5.91 Å². The molecule has 2 aromatic heterocycles. The zero-order valence-electron chi connectivity index (χ0n) is 16.3. The first-order valence-corrected chi connectivity index (χ1v) is 11.5. The van der Waals surface area contributed by atoms with Gasteiger partial charge in [0.05, 0.1) is 12.1 Å². The maximum absolute atomic E-state index is 12.7. The molecule has 0 saturated carbocycles. The van der Waals surface area contributed by atoms with Gasteiger partial charge in [-0.2, -0.15) is 11.3 Å². The Morgan fingerprint density at radius 3 is 2.59 bits per heavy atom. The summed E-state index contributed by atoms with van der Waals surface area (Å²) in [6, 6.07) is 10.2. The molecule has 1 saturated heterocycles. The number of thiazole rings is 1. The highest BCUT2D eigenvalue weighted by atomic mass is 32.1. The average Bonchev–Trinajstić information content (AvgIpc) is 3.41. The normalized spacial score (nSPS) is 14.7. The van der Waals surface area contributed by atoms with Gasteiger partial charge in [0.1, 0.15) is 5.01 Å². The van der Waals surface area contributed by atoms with Crippen molar-refractivity contribution in [3.63, 3.8) is 0 Å². The molecule has 0 unspecified atom stereocenters. The number of thiophene rings is 1. The largest absolute Gasteiger partial charge is 0.349 e. The van der Waals surface area contributed by atoms with Gasteiger partial charge in [-0.3, -0.25) is 9.59 Å². The number of hydrogen-bond donors (Lipinski definition) is 1. The molecule has 1 aliphatic rings. The molecule has 0 radical (unpaired) electrons. The summed E-state index contributed by atoms with van der Waals surface area (Å²) in [5.41, 5.74) is 3.84. The second-order valence-corrected chi connectivity index (χ2v) is 8.97. The van der Waals surface area contributed by atoms with Gasteiger partial charge in [-0.25, -0.2) is 4.98 Å². The Hall–Kier alpha value is -2.51. The highest BCUT2D eigenvalue weighted by Crippen LogP contribution is 2.24. The first-order chi connectivity index (χ1) is 14.1. The summed E-state index contributed by atoms with van der Waals surface area (Å²) in [4.78, 5) is 31.4. The molecule has 0 bridgehead atoms. The molecule has 1 aromatic carbocycles. The van der Waals surface area contributed by atoms with Crippen molar-refractivity contribution in [3.8, 4) is 10.6 Å². The minimum absolute atomic E-state index is 0.0258. The molecule has 0 aliphatic carbocycles. The van der Waals surface area contributed by atoms with E-state index in [-0.39, 0.29) is 17.9 Å². The molecule has 2 amide bonds. The number of amides is 2. The standard InChI is InChI=1S/C22H23N3O2S2/c1-15-2-4-16(5-3-15)22-24-19(14-29-22)12-20(26)25-9-6-18(7-10-25)23-21(27)17-8-11-28-13-17/h2-5,8,11,13-14,18H,6-7,9-10,12H2,1H3,(H,23,27). The lowest BCUT2D eigenvalue weighted by molar-refractivity contribution is -0.131. The van der Waals surface area contributed by atoms with Crippen LogP contribution in [-0.2, 0) is 11.2 Å². The topological polar surface area (TPSA) is 62.3 Å². The predicted octanol–water partition coefficient (Wildman–Crippen LogP) is 4.14. The lowest BCUT2D eigenvalue weighted by Crippen LogP contribution is -2.46. The Labute approximate surface area is 178 Å². The summed E-state index contributed by atoms with van der Waals surface area (Å²) in [6.45, 7) is 3.40. The highest BCUT2D eigenvalue weighted by Gasteiger charge is 2.24. The zero-order valence-corrected chi connectivity index (χ0v) is 17.9. The van der Waals surface area contributed by atoms with Gasteiger partial charge in [0.15, 0.2) is 0 Å². The van der Waals surface area contributed by atoms with Gasteiger partial charge in [0, 0.05) is 41.0 Å². The van der Waals surface area contributed by atoms with Gasteiger partial charge in [-0.15, -0.1) is 11.3 Å². The number of piperidine rings is 1. The summed E-state index contributed by atoms with van der Waals surface area (Å²) < 4.78 is 0. The van der Waals surface area contributed by atoms with Crippen LogP contribution in [-0.4, -0.2) is 40.8 Å². The number of aryl methyl sites for hydroxylation is 1. The Bertz CT molecular complexity index is 972. The Kier molecular flexibility index (Phi) is 6.06. The molecule has 1 aliphatic heterocycles. The van der Waals surface area contributed by atoms with Crippen LogP contribution < -0.4 is 5.32 Å². The summed E-state index contributed by atoms with van der Waals surface area (Å²) in [6.07, 6.45) is 1.90. The number of nitrogens with zero attached hydrogens (tertiary/aromatic N) is 2. The van der Waals surface area contributed by atoms with Gasteiger partial charge in [-0.05, 0) is 31.2 Å². The SMILES string of the molecule is Cc1ccc(-c2nc(CC(=O)N3CCC(NC(=O)c4ccsc4)CC3)cs2)cc1. The molecule has 0 spiro atoms. The predicted molar refractivity (Wildman–Crippen MR) is 117 cm³/mol. The summed E-state index contributed by atoms with van der Waals surface area (Å²) >= 11 is 3.09. The van der Waals surface area contributed by atoms with Crippen molar-refractivity contribution in [2.45, 2.75) is 32.2 Å². The number of aromatic nitrogens is 1. The number of hydrogen-bond acceptors (Lipinski definition) is 5. The van der Waals surface area contributed by atoms with Crippen molar-refractivity contribution in [2.24, 2.45) is 0 Å². The van der Waals surface area contributed by atoms with Crippen molar-refractivity contribution < 1.29 is 9.59 Å². The Morgan fingerprint density at radius 1 is 1.14 bits per heavy atom. The zero-order chi connectivity index (χ0) is 20.2. The maximum atomic E-state index is 12.7. The van der Waals surface area contributed by atoms with E-state index in [1.807, 2.05) is 27.1 Å². The quantitative estimate of drug-likeness (QED) is 0.668. The van der Waals surface area contributed by atoms with Crippen LogP contribution in [0.2, 0.25) is 0 Å². The monoisotopic (exact) mass is 425 g/mol. The van der Waals surface area contributed by atoms with Gasteiger partial charge in [-0.1, -0.05) is 29.8 Å². The van der Waals surface area contributed by atoms with Crippen molar-refractivity contribution >= 4 is 34.5 Å². The summed E-state index contributed by atoms with van der Waals surface area (Å²) in [5, 5.41) is 9.75. The van der Waals surface area contributed by atoms with Gasteiger partial charge < -0.3 is 10.2 Å². The van der Waals surface area contributed by atoms with Crippen LogP contribution in [0.5, 0.6) is 0 Å². The second kappa shape index (κ2) is 8.88. The highest BCUT2D eigenvalue weighted by molar-refractivity contribution is 7.13. The number of likely N-dealkylation sites (tertiary alicyclic amines) is 1. The minimum atomic E-state index is -0.0258. The van der Waals surface area contributed by atoms with Crippen molar-refractivity contribution in [1.82, 2.24) is 15.2 Å². The number of rotatable bonds is 5. The average molecular weight is 426 g/mol. The van der Waals surface area contributed by atoms with Crippen LogP contribution in [0.25, 0.3) is 10.6 Å². The first kappa shape index (κ1) is 19.8. The lowest BCUT2D eigenvalue weighted by Gasteiger charge is -2.32. The van der Waals surface area contributed by atoms with Crippen molar-refractivity contribution in [3.05, 3.63) is 63.3 Å². The van der Waals surface area contributed by atoms with E-state index in [0.29, 0.717) is 25.1 Å². The van der Waals surface area contributed by atoms with E-state index in [2.05, 4.69) is 41.5 Å². The molecular weight excluding hydrogens is 402 g/mol. The van der Waals surface area contributed by atoms with Crippen molar-refractivity contribution in [2.75, 3.05) is 13.1 Å². The number of benzene rings is 1. The molecule has 3 aromatic rings. The number of carbonyl (C=O) groups excluding carboxylic acids is 2. The van der Waals surface area contributed by atoms with Crippen molar-refractivity contribution in [1.29, 1.82) is 0 Å². The molecule has 1 N–H and O–H groups in total. The van der Waals surface area contributed by atoms with E-state index in [1.54, 1.807) is 11.3 Å². The third-order valence-electron chi connectivity index (χ3n) is 5.15. The van der Waals surface area contributed by atoms with E-state index in [4.69, 9.17) is 0 Å². The van der Waals surface area contributed by atoms with Crippen LogP contribution in [0, 0.1) is 6.92 Å². The fraction of sp³-hybridized carbons (Fsp3) is 0.318. The van der Waals surface area contributed by atoms with E-state index < -0.39 is 0 Å². The molecule has 4 rings (SSSR count). The van der Waals surface area contributed by atoms with Gasteiger partial charge >= 0.3 is 0 Å². The van der Waals surface area contributed by atoms with Crippen LogP contribution >= 0.6 is 22.7 Å². The molecule has 29 heavy (non-hydrogen) atoms. The summed E-state index contributed by atoms with van der Waals surface area (Å²) in [5.74, 6) is 0.0792. The molecule has 0 atom stereocenters. The molecule has 3 heterocycles. The minimum Gasteiger partial charge on any atom is -0.349 e. The Morgan fingerprint density at radius 2 is 1.90 bits per heavy atom. The molecular formula is C22H23N3O2S2. The molecule has 7 heteroatoms. The first-order valence-electron chi connectivity index (χ1n) is 9.71. The Balaban J connectivity index is 1.28. The fourth-order valence-corrected chi connectivity index (χ4v) is 4.88. The fourth-order valence-electron chi connectivity index (χ4n) is 3.42. The van der Waals surface area contributed by atoms with Crippen LogP contribution in [0.4, 0.5) is 0 Å². The van der Waals surface area contributed by atoms with E-state index >= 15 is 0 Å². The lowest BCUT2D eigenvalue weighted by atomic mass is 10.0. The van der Waals surface area contributed by atoms with E-state index in [1.165, 1.54) is 16.9 Å². The second-order valence-electron chi connectivity index (χ2n) is 7.33.